The molecule has 1 heterocycles. The van der Waals surface area contributed by atoms with Gasteiger partial charge in [0.1, 0.15) is 0 Å². The Morgan fingerprint density at radius 1 is 0.905 bits per heavy atom. The summed E-state index contributed by atoms with van der Waals surface area (Å²) in [6.07, 6.45) is 0.840. The molecular formula is C18H14O2S. The van der Waals surface area contributed by atoms with Crippen molar-refractivity contribution < 1.29 is 9.90 Å². The molecule has 1 aromatic heterocycles. The van der Waals surface area contributed by atoms with Crippen molar-refractivity contribution in [2.24, 2.45) is 0 Å². The van der Waals surface area contributed by atoms with Crippen LogP contribution in [0.4, 0.5) is 0 Å². The molecule has 2 aromatic carbocycles. The van der Waals surface area contributed by atoms with E-state index < -0.39 is 5.97 Å². The lowest BCUT2D eigenvalue weighted by Crippen LogP contribution is -1.96. The van der Waals surface area contributed by atoms with E-state index in [1.54, 1.807) is 23.5 Å². The molecular weight excluding hydrogens is 280 g/mol. The van der Waals surface area contributed by atoms with Crippen LogP contribution in [-0.4, -0.2) is 11.1 Å². The predicted molar refractivity (Wildman–Crippen MR) is 86.0 cm³/mol. The van der Waals surface area contributed by atoms with Crippen molar-refractivity contribution in [2.45, 2.75) is 6.42 Å². The van der Waals surface area contributed by atoms with Crippen LogP contribution in [0, 0.1) is 0 Å². The van der Waals surface area contributed by atoms with Gasteiger partial charge in [-0.2, -0.15) is 11.3 Å². The topological polar surface area (TPSA) is 37.3 Å². The van der Waals surface area contributed by atoms with Gasteiger partial charge in [-0.15, -0.1) is 0 Å². The molecule has 1 aliphatic rings. The molecule has 0 unspecified atom stereocenters. The number of aromatic carboxylic acids is 1. The molecule has 0 saturated heterocycles. The van der Waals surface area contributed by atoms with E-state index in [1.807, 2.05) is 41.1 Å². The lowest BCUT2D eigenvalue weighted by molar-refractivity contribution is 0.0697. The summed E-state index contributed by atoms with van der Waals surface area (Å²) in [6, 6.07) is 17.6. The molecule has 0 spiro atoms. The minimum atomic E-state index is -0.862. The molecule has 3 aromatic rings. The molecule has 0 atom stereocenters. The number of hydrogen-bond donors (Lipinski definition) is 1. The van der Waals surface area contributed by atoms with Crippen molar-refractivity contribution in [1.82, 2.24) is 0 Å². The second-order valence-electron chi connectivity index (χ2n) is 4.80. The van der Waals surface area contributed by atoms with E-state index in [0.717, 1.165) is 12.0 Å². The fraction of sp³-hybridized carbons (Fsp3) is 0.0556. The van der Waals surface area contributed by atoms with Crippen LogP contribution in [0.3, 0.4) is 0 Å². The van der Waals surface area contributed by atoms with Gasteiger partial charge in [-0.1, -0.05) is 42.5 Å². The smallest absolute Gasteiger partial charge is 0.335 e. The summed E-state index contributed by atoms with van der Waals surface area (Å²) >= 11 is 1.71. The predicted octanol–water partition coefficient (Wildman–Crippen LogP) is 4.70. The van der Waals surface area contributed by atoms with Crippen LogP contribution < -0.4 is 0 Å². The number of fused-ring (bicyclic) bond motifs is 3. The van der Waals surface area contributed by atoms with E-state index in [-0.39, 0.29) is 0 Å². The summed E-state index contributed by atoms with van der Waals surface area (Å²) in [5.41, 5.74) is 5.16. The number of rotatable bonds is 1. The summed E-state index contributed by atoms with van der Waals surface area (Å²) in [7, 11) is 0. The Balaban J connectivity index is 0.000000225. The van der Waals surface area contributed by atoms with Crippen LogP contribution in [0.5, 0.6) is 0 Å². The molecule has 2 nitrogen and oxygen atoms in total. The van der Waals surface area contributed by atoms with Crippen molar-refractivity contribution >= 4 is 17.3 Å². The maximum atomic E-state index is 10.9. The van der Waals surface area contributed by atoms with Crippen LogP contribution >= 0.6 is 11.3 Å². The van der Waals surface area contributed by atoms with Gasteiger partial charge in [0.25, 0.3) is 0 Å². The van der Waals surface area contributed by atoms with Crippen LogP contribution in [-0.2, 0) is 6.42 Å². The first kappa shape index (κ1) is 13.6. The Morgan fingerprint density at radius 2 is 1.62 bits per heavy atom. The first-order valence-corrected chi connectivity index (χ1v) is 7.61. The quantitative estimate of drug-likeness (QED) is 0.552. The number of thiophene rings is 1. The normalized spacial score (nSPS) is 11.0. The van der Waals surface area contributed by atoms with Crippen LogP contribution in [0.25, 0.3) is 11.1 Å². The minimum Gasteiger partial charge on any atom is -0.478 e. The van der Waals surface area contributed by atoms with Gasteiger partial charge < -0.3 is 5.11 Å². The molecule has 0 radical (unpaired) electrons. The van der Waals surface area contributed by atoms with E-state index in [0.29, 0.717) is 5.56 Å². The molecule has 1 aliphatic carbocycles. The highest BCUT2D eigenvalue weighted by molar-refractivity contribution is 7.07. The zero-order valence-corrected chi connectivity index (χ0v) is 12.1. The maximum Gasteiger partial charge on any atom is 0.335 e. The van der Waals surface area contributed by atoms with Crippen LogP contribution in [0.2, 0.25) is 0 Å². The molecule has 0 fully saturated rings. The summed E-state index contributed by atoms with van der Waals surface area (Å²) in [4.78, 5) is 10.9. The van der Waals surface area contributed by atoms with Gasteiger partial charge in [-0.25, -0.2) is 4.79 Å². The monoisotopic (exact) mass is 294 g/mol. The molecule has 1 N–H and O–H groups in total. The van der Waals surface area contributed by atoms with Gasteiger partial charge in [-0.05, 0) is 51.6 Å². The van der Waals surface area contributed by atoms with Gasteiger partial charge in [0.15, 0.2) is 0 Å². The summed E-state index contributed by atoms with van der Waals surface area (Å²) < 4.78 is 0. The Kier molecular flexibility index (Phi) is 3.84. The minimum absolute atomic E-state index is 0.367. The highest BCUT2D eigenvalue weighted by atomic mass is 32.1. The van der Waals surface area contributed by atoms with Gasteiger partial charge in [-0.3, -0.25) is 0 Å². The fourth-order valence-electron chi connectivity index (χ4n) is 2.50. The zero-order chi connectivity index (χ0) is 14.7. The van der Waals surface area contributed by atoms with E-state index in [4.69, 9.17) is 5.11 Å². The Labute approximate surface area is 127 Å². The Hall–Kier alpha value is -2.39. The van der Waals surface area contributed by atoms with Crippen molar-refractivity contribution in [3.8, 4) is 11.1 Å². The Morgan fingerprint density at radius 3 is 2.29 bits per heavy atom. The van der Waals surface area contributed by atoms with Gasteiger partial charge in [0, 0.05) is 0 Å². The number of carbonyl (C=O) groups is 1. The molecule has 4 rings (SSSR count). The summed E-state index contributed by atoms with van der Waals surface area (Å²) in [5.74, 6) is -0.862. The first-order valence-electron chi connectivity index (χ1n) is 6.67. The van der Waals surface area contributed by atoms with E-state index in [1.165, 1.54) is 16.7 Å². The zero-order valence-electron chi connectivity index (χ0n) is 11.3. The van der Waals surface area contributed by atoms with E-state index >= 15 is 0 Å². The maximum absolute atomic E-state index is 10.9. The van der Waals surface area contributed by atoms with Gasteiger partial charge in [0.05, 0.1) is 5.56 Å². The lowest BCUT2D eigenvalue weighted by Gasteiger charge is -2.01. The third-order valence-electron chi connectivity index (χ3n) is 3.47. The highest BCUT2D eigenvalue weighted by Crippen LogP contribution is 2.36. The highest BCUT2D eigenvalue weighted by Gasteiger charge is 2.18. The molecule has 104 valence electrons. The molecule has 3 heteroatoms. The largest absolute Gasteiger partial charge is 0.478 e. The molecule has 0 bridgehead atoms. The average molecular weight is 294 g/mol. The van der Waals surface area contributed by atoms with Crippen molar-refractivity contribution in [1.29, 1.82) is 0 Å². The standard InChI is InChI=1S/C14H10O2.C4H4S/c15-14(16)10-5-6-13-11(8-10)7-9-3-1-2-4-12(9)13;1-2-4-5-3-1/h1-6,8H,7H2,(H,15,16);1-4H. The molecule has 0 aliphatic heterocycles. The molecule has 21 heavy (non-hydrogen) atoms. The van der Waals surface area contributed by atoms with E-state index in [9.17, 15) is 4.79 Å². The summed E-state index contributed by atoms with van der Waals surface area (Å²) in [6.45, 7) is 0. The fourth-order valence-corrected chi connectivity index (χ4v) is 2.96. The third-order valence-corrected chi connectivity index (χ3v) is 4.09. The van der Waals surface area contributed by atoms with Crippen molar-refractivity contribution in [3.63, 3.8) is 0 Å². The third kappa shape index (κ3) is 2.88. The van der Waals surface area contributed by atoms with Crippen LogP contribution in [0.1, 0.15) is 21.5 Å². The number of carboxylic acids is 1. The molecule has 0 saturated carbocycles. The molecule has 0 amide bonds. The van der Waals surface area contributed by atoms with Gasteiger partial charge in [0.2, 0.25) is 0 Å². The second-order valence-corrected chi connectivity index (χ2v) is 5.62. The number of benzene rings is 2. The number of carboxylic acid groups (broad SMARTS) is 1. The van der Waals surface area contributed by atoms with Crippen LogP contribution in [0.15, 0.2) is 65.4 Å². The number of hydrogen-bond acceptors (Lipinski definition) is 2. The Bertz CT molecular complexity index is 743. The second kappa shape index (κ2) is 5.94. The van der Waals surface area contributed by atoms with E-state index in [2.05, 4.69) is 12.1 Å². The average Bonchev–Trinajstić information content (AvgIpc) is 3.17. The summed E-state index contributed by atoms with van der Waals surface area (Å²) in [5, 5.41) is 13.0. The van der Waals surface area contributed by atoms with Gasteiger partial charge >= 0.3 is 5.97 Å². The first-order chi connectivity index (χ1) is 10.3. The SMILES string of the molecule is O=C(O)c1ccc2c(c1)Cc1ccccc1-2.c1ccsc1. The lowest BCUT2D eigenvalue weighted by atomic mass is 10.0. The van der Waals surface area contributed by atoms with Crippen molar-refractivity contribution in [3.05, 3.63) is 82.0 Å². The van der Waals surface area contributed by atoms with Crippen molar-refractivity contribution in [2.75, 3.05) is 0 Å².